The van der Waals surface area contributed by atoms with Gasteiger partial charge >= 0.3 is 6.03 Å². The van der Waals surface area contributed by atoms with Crippen molar-refractivity contribution in [1.82, 2.24) is 9.36 Å². The molecule has 5 rings (SSSR count). The summed E-state index contributed by atoms with van der Waals surface area (Å²) in [4.78, 5) is 34.7. The van der Waals surface area contributed by atoms with Gasteiger partial charge in [-0.05, 0) is 42.5 Å². The van der Waals surface area contributed by atoms with Crippen LogP contribution < -0.4 is 15.5 Å². The molecule has 0 saturated carbocycles. The third kappa shape index (κ3) is 6.12. The summed E-state index contributed by atoms with van der Waals surface area (Å²) in [5, 5.41) is 7.03. The zero-order valence-electron chi connectivity index (χ0n) is 20.9. The summed E-state index contributed by atoms with van der Waals surface area (Å²) in [5.41, 5.74) is 1.59. The van der Waals surface area contributed by atoms with Gasteiger partial charge in [0.1, 0.15) is 0 Å². The Balaban J connectivity index is 1.28. The number of thioether (sulfide) groups is 3. The van der Waals surface area contributed by atoms with Crippen molar-refractivity contribution in [3.8, 4) is 0 Å². The molecule has 0 bridgehead atoms. The second-order valence-corrected chi connectivity index (χ2v) is 12.9. The van der Waals surface area contributed by atoms with E-state index >= 15 is 0 Å². The molecule has 11 heteroatoms. The van der Waals surface area contributed by atoms with E-state index in [0.717, 1.165) is 21.2 Å². The quantitative estimate of drug-likeness (QED) is 0.273. The Morgan fingerprint density at radius 3 is 2.76 bits per heavy atom. The molecule has 7 nitrogen and oxygen atoms in total. The summed E-state index contributed by atoms with van der Waals surface area (Å²) >= 11 is 5.98. The van der Waals surface area contributed by atoms with Crippen LogP contribution in [-0.4, -0.2) is 43.6 Å². The van der Waals surface area contributed by atoms with Crippen LogP contribution in [0.5, 0.6) is 0 Å². The summed E-state index contributed by atoms with van der Waals surface area (Å²) in [6, 6.07) is 15.4. The highest BCUT2D eigenvalue weighted by Gasteiger charge is 2.36. The molecule has 1 aliphatic heterocycles. The summed E-state index contributed by atoms with van der Waals surface area (Å²) in [6.45, 7) is 4.02. The highest BCUT2D eigenvalue weighted by molar-refractivity contribution is 8.00. The van der Waals surface area contributed by atoms with Gasteiger partial charge in [-0.25, -0.2) is 4.79 Å². The van der Waals surface area contributed by atoms with Gasteiger partial charge in [0, 0.05) is 27.0 Å². The van der Waals surface area contributed by atoms with Crippen molar-refractivity contribution in [2.45, 2.75) is 51.8 Å². The SMILES string of the molecule is CCSc1nsc(NC(=O)C(CC)Sc2cccc(NC(=O)N3c4ccccc4SC4C=CC=CC43)c2)n1. The number of nitrogens with one attached hydrogen (secondary N) is 2. The Morgan fingerprint density at radius 1 is 1.08 bits per heavy atom. The number of hydrogen-bond acceptors (Lipinski definition) is 8. The van der Waals surface area contributed by atoms with Crippen LogP contribution in [0, 0.1) is 0 Å². The minimum Gasteiger partial charge on any atom is -0.307 e. The van der Waals surface area contributed by atoms with Gasteiger partial charge in [0.05, 0.1) is 22.2 Å². The minimum absolute atomic E-state index is 0.0674. The predicted octanol–water partition coefficient (Wildman–Crippen LogP) is 7.17. The molecule has 1 aliphatic carbocycles. The molecule has 38 heavy (non-hydrogen) atoms. The number of anilines is 3. The molecule has 196 valence electrons. The second kappa shape index (κ2) is 12.4. The fourth-order valence-corrected chi connectivity index (χ4v) is 7.72. The number of nitrogens with zero attached hydrogens (tertiary/aromatic N) is 3. The number of fused-ring (bicyclic) bond motifs is 2. The third-order valence-corrected chi connectivity index (χ3v) is 10.0. The molecule has 0 fully saturated rings. The van der Waals surface area contributed by atoms with Crippen LogP contribution in [0.25, 0.3) is 0 Å². The Bertz CT molecular complexity index is 1370. The first kappa shape index (κ1) is 26.9. The zero-order valence-corrected chi connectivity index (χ0v) is 24.1. The van der Waals surface area contributed by atoms with Gasteiger partial charge in [-0.15, -0.1) is 23.5 Å². The van der Waals surface area contributed by atoms with Crippen molar-refractivity contribution >= 4 is 75.3 Å². The molecule has 2 aromatic carbocycles. The van der Waals surface area contributed by atoms with E-state index in [-0.39, 0.29) is 28.5 Å². The molecular weight excluding hydrogens is 555 g/mol. The van der Waals surface area contributed by atoms with Crippen LogP contribution in [0.15, 0.2) is 87.8 Å². The van der Waals surface area contributed by atoms with Gasteiger partial charge in [-0.3, -0.25) is 15.0 Å². The topological polar surface area (TPSA) is 87.2 Å². The number of carbonyl (C=O) groups excluding carboxylic acids is 2. The smallest absolute Gasteiger partial charge is 0.307 e. The summed E-state index contributed by atoms with van der Waals surface area (Å²) < 4.78 is 4.26. The third-order valence-electron chi connectivity index (χ3n) is 5.90. The maximum absolute atomic E-state index is 13.6. The van der Waals surface area contributed by atoms with Crippen LogP contribution in [0.1, 0.15) is 20.3 Å². The number of allylic oxidation sites excluding steroid dienone is 2. The van der Waals surface area contributed by atoms with E-state index in [9.17, 15) is 9.59 Å². The average Bonchev–Trinajstić information content (AvgIpc) is 3.37. The van der Waals surface area contributed by atoms with E-state index in [1.165, 1.54) is 23.3 Å². The monoisotopic (exact) mass is 581 g/mol. The predicted molar refractivity (Wildman–Crippen MR) is 161 cm³/mol. The van der Waals surface area contributed by atoms with Crippen LogP contribution in [-0.2, 0) is 4.79 Å². The molecule has 3 aromatic rings. The number of benzene rings is 2. The molecule has 0 radical (unpaired) electrons. The van der Waals surface area contributed by atoms with Gasteiger partial charge in [-0.2, -0.15) is 9.36 Å². The Kier molecular flexibility index (Phi) is 8.78. The number of urea groups is 1. The fraction of sp³-hybridized carbons (Fsp3) is 0.259. The molecular formula is C27H27N5O2S4. The zero-order chi connectivity index (χ0) is 26.5. The van der Waals surface area contributed by atoms with Crippen LogP contribution >= 0.6 is 46.8 Å². The number of rotatable bonds is 8. The van der Waals surface area contributed by atoms with Gasteiger partial charge in [0.15, 0.2) is 0 Å². The van der Waals surface area contributed by atoms with Gasteiger partial charge < -0.3 is 5.32 Å². The number of para-hydroxylation sites is 1. The Hall–Kier alpha value is -2.73. The molecule has 3 amide bonds. The van der Waals surface area contributed by atoms with Crippen molar-refractivity contribution in [3.63, 3.8) is 0 Å². The van der Waals surface area contributed by atoms with E-state index in [4.69, 9.17) is 0 Å². The summed E-state index contributed by atoms with van der Waals surface area (Å²) in [6.07, 6.45) is 8.89. The lowest BCUT2D eigenvalue weighted by molar-refractivity contribution is -0.115. The molecule has 0 saturated heterocycles. The first-order valence-electron chi connectivity index (χ1n) is 12.3. The number of carbonyl (C=O) groups is 2. The average molecular weight is 582 g/mol. The van der Waals surface area contributed by atoms with Gasteiger partial charge in [-0.1, -0.05) is 68.1 Å². The van der Waals surface area contributed by atoms with E-state index in [1.54, 1.807) is 23.5 Å². The lowest BCUT2D eigenvalue weighted by Gasteiger charge is -2.40. The largest absolute Gasteiger partial charge is 0.326 e. The fourth-order valence-electron chi connectivity index (χ4n) is 4.18. The van der Waals surface area contributed by atoms with Crippen molar-refractivity contribution in [1.29, 1.82) is 0 Å². The standard InChI is InChI=1S/C27H27N5O2S4/c1-3-21(24(33)29-25-30-26(31-38-25)35-4-2)36-18-11-9-10-17(16-18)28-27(34)32-19-12-5-7-14-22(19)37-23-15-8-6-13-20(23)32/h5-16,19,21-22H,3-4H2,1-2H3,(H,28,34)(H,29,30,31,33). The highest BCUT2D eigenvalue weighted by Crippen LogP contribution is 2.43. The first-order valence-corrected chi connectivity index (χ1v) is 15.8. The van der Waals surface area contributed by atoms with Crippen LogP contribution in [0.4, 0.5) is 21.3 Å². The number of aromatic nitrogens is 2. The molecule has 1 aromatic heterocycles. The lowest BCUT2D eigenvalue weighted by atomic mass is 10.1. The van der Waals surface area contributed by atoms with E-state index in [0.29, 0.717) is 22.4 Å². The number of hydrogen-bond donors (Lipinski definition) is 2. The van der Waals surface area contributed by atoms with E-state index in [2.05, 4.69) is 38.2 Å². The van der Waals surface area contributed by atoms with Crippen LogP contribution in [0.3, 0.4) is 0 Å². The molecule has 2 aliphatic rings. The minimum atomic E-state index is -0.307. The maximum atomic E-state index is 13.6. The molecule has 3 unspecified atom stereocenters. The highest BCUT2D eigenvalue weighted by atomic mass is 32.2. The maximum Gasteiger partial charge on any atom is 0.326 e. The molecule has 3 atom stereocenters. The van der Waals surface area contributed by atoms with Crippen molar-refractivity contribution in [3.05, 3.63) is 72.8 Å². The summed E-state index contributed by atoms with van der Waals surface area (Å²) in [5.74, 6) is 0.768. The second-order valence-electron chi connectivity index (χ2n) is 8.46. The number of amides is 3. The van der Waals surface area contributed by atoms with Crippen molar-refractivity contribution in [2.24, 2.45) is 0 Å². The summed E-state index contributed by atoms with van der Waals surface area (Å²) in [7, 11) is 0. The normalized spacial score (nSPS) is 18.4. The van der Waals surface area contributed by atoms with E-state index in [1.807, 2.05) is 73.4 Å². The van der Waals surface area contributed by atoms with Crippen molar-refractivity contribution < 1.29 is 9.59 Å². The van der Waals surface area contributed by atoms with Crippen molar-refractivity contribution in [2.75, 3.05) is 21.3 Å². The van der Waals surface area contributed by atoms with Crippen LogP contribution in [0.2, 0.25) is 0 Å². The van der Waals surface area contributed by atoms with Gasteiger partial charge in [0.25, 0.3) is 0 Å². The van der Waals surface area contributed by atoms with E-state index < -0.39 is 0 Å². The van der Waals surface area contributed by atoms with Gasteiger partial charge in [0.2, 0.25) is 16.2 Å². The molecule has 2 N–H and O–H groups in total. The first-order chi connectivity index (χ1) is 18.6. The lowest BCUT2D eigenvalue weighted by Crippen LogP contribution is -2.49. The Morgan fingerprint density at radius 2 is 1.92 bits per heavy atom. The molecule has 0 spiro atoms. The molecule has 2 heterocycles. The Labute approximate surface area is 239 Å².